The average molecular weight is 354 g/mol. The zero-order valence-corrected chi connectivity index (χ0v) is 14.8. The minimum atomic E-state index is -0.195. The molecule has 0 saturated carbocycles. The van der Waals surface area contributed by atoms with E-state index in [1.807, 2.05) is 24.3 Å². The number of hydrogen-bond donors (Lipinski definition) is 3. The van der Waals surface area contributed by atoms with Gasteiger partial charge in [-0.2, -0.15) is 0 Å². The lowest BCUT2D eigenvalue weighted by molar-refractivity contribution is 0.381. The Morgan fingerprint density at radius 1 is 1.08 bits per heavy atom. The summed E-state index contributed by atoms with van der Waals surface area (Å²) in [5.74, 6) is -0.195. The van der Waals surface area contributed by atoms with Crippen LogP contribution in [0.15, 0.2) is 47.3 Å². The highest BCUT2D eigenvalue weighted by atomic mass is 19.1. The van der Waals surface area contributed by atoms with Crippen molar-refractivity contribution in [1.29, 1.82) is 0 Å². The van der Waals surface area contributed by atoms with E-state index in [1.165, 1.54) is 12.1 Å². The normalized spacial score (nSPS) is 16.9. The molecule has 136 valence electrons. The minimum Gasteiger partial charge on any atom is -0.371 e. The number of imidazole rings is 1. The molecule has 1 aromatic heterocycles. The molecular weight excluding hydrogens is 331 g/mol. The van der Waals surface area contributed by atoms with Crippen molar-refractivity contribution in [3.63, 3.8) is 0 Å². The zero-order chi connectivity index (χ0) is 18.1. The van der Waals surface area contributed by atoms with Gasteiger partial charge in [-0.1, -0.05) is 6.07 Å². The fourth-order valence-corrected chi connectivity index (χ4v) is 3.73. The molecule has 2 aromatic carbocycles. The lowest BCUT2D eigenvalue weighted by atomic mass is 10.0. The summed E-state index contributed by atoms with van der Waals surface area (Å²) in [5, 5.41) is 3.70. The lowest BCUT2D eigenvalue weighted by Gasteiger charge is -2.35. The maximum atomic E-state index is 13.1. The molecular formula is C20H23FN4O. The van der Waals surface area contributed by atoms with E-state index in [9.17, 15) is 9.18 Å². The molecule has 1 saturated heterocycles. The Labute approximate surface area is 151 Å². The van der Waals surface area contributed by atoms with Gasteiger partial charge < -0.3 is 20.2 Å². The Morgan fingerprint density at radius 3 is 2.50 bits per heavy atom. The number of benzene rings is 2. The maximum absolute atomic E-state index is 13.1. The van der Waals surface area contributed by atoms with Gasteiger partial charge in [-0.25, -0.2) is 9.18 Å². The number of fused-ring (bicyclic) bond motifs is 1. The van der Waals surface area contributed by atoms with E-state index < -0.39 is 0 Å². The summed E-state index contributed by atoms with van der Waals surface area (Å²) >= 11 is 0. The highest BCUT2D eigenvalue weighted by molar-refractivity contribution is 5.75. The van der Waals surface area contributed by atoms with Gasteiger partial charge in [0.15, 0.2) is 0 Å². The number of aromatic amines is 2. The predicted octanol–water partition coefficient (Wildman–Crippen LogP) is 3.31. The molecule has 0 bridgehead atoms. The van der Waals surface area contributed by atoms with Crippen LogP contribution >= 0.6 is 0 Å². The van der Waals surface area contributed by atoms with Crippen molar-refractivity contribution >= 4 is 16.7 Å². The van der Waals surface area contributed by atoms with Gasteiger partial charge in [0.2, 0.25) is 0 Å². The molecule has 0 radical (unpaired) electrons. The number of piperidine rings is 1. The Hall–Kier alpha value is -2.60. The zero-order valence-electron chi connectivity index (χ0n) is 14.8. The van der Waals surface area contributed by atoms with Crippen molar-refractivity contribution in [3.8, 4) is 0 Å². The molecule has 1 unspecified atom stereocenters. The van der Waals surface area contributed by atoms with Crippen LogP contribution in [-0.2, 0) is 0 Å². The second-order valence-corrected chi connectivity index (χ2v) is 7.01. The maximum Gasteiger partial charge on any atom is 0.323 e. The number of nitrogens with zero attached hydrogens (tertiary/aromatic N) is 1. The van der Waals surface area contributed by atoms with E-state index in [1.54, 1.807) is 0 Å². The highest BCUT2D eigenvalue weighted by Gasteiger charge is 2.21. The van der Waals surface area contributed by atoms with Crippen molar-refractivity contribution < 1.29 is 4.39 Å². The number of hydrogen-bond acceptors (Lipinski definition) is 3. The molecule has 5 nitrogen and oxygen atoms in total. The second-order valence-electron chi connectivity index (χ2n) is 7.01. The van der Waals surface area contributed by atoms with Gasteiger partial charge in [0.25, 0.3) is 0 Å². The van der Waals surface area contributed by atoms with E-state index in [4.69, 9.17) is 0 Å². The van der Waals surface area contributed by atoms with Crippen molar-refractivity contribution in [2.75, 3.05) is 18.0 Å². The van der Waals surface area contributed by atoms with E-state index in [2.05, 4.69) is 33.2 Å². The Kier molecular flexibility index (Phi) is 4.51. The third kappa shape index (κ3) is 3.51. The van der Waals surface area contributed by atoms with Crippen molar-refractivity contribution in [3.05, 3.63) is 64.3 Å². The molecule has 1 aliphatic rings. The Morgan fingerprint density at radius 2 is 1.77 bits per heavy atom. The van der Waals surface area contributed by atoms with Gasteiger partial charge in [-0.05, 0) is 61.7 Å². The molecule has 6 heteroatoms. The molecule has 3 aromatic rings. The smallest absolute Gasteiger partial charge is 0.323 e. The van der Waals surface area contributed by atoms with Gasteiger partial charge in [-0.15, -0.1) is 0 Å². The first kappa shape index (κ1) is 16.8. The second kappa shape index (κ2) is 6.96. The van der Waals surface area contributed by atoms with Crippen LogP contribution in [0.1, 0.15) is 31.4 Å². The van der Waals surface area contributed by atoms with Crippen LogP contribution < -0.4 is 15.9 Å². The van der Waals surface area contributed by atoms with Crippen LogP contribution in [0.3, 0.4) is 0 Å². The summed E-state index contributed by atoms with van der Waals surface area (Å²) in [6.45, 7) is 4.07. The number of H-pyrrole nitrogens is 2. The van der Waals surface area contributed by atoms with E-state index in [0.717, 1.165) is 48.2 Å². The number of rotatable bonds is 4. The minimum absolute atomic E-state index is 0.175. The van der Waals surface area contributed by atoms with Gasteiger partial charge >= 0.3 is 5.69 Å². The van der Waals surface area contributed by atoms with Crippen molar-refractivity contribution in [1.82, 2.24) is 15.3 Å². The number of halogens is 1. The SMILES string of the molecule is CC(NC1CCN(c2ccc(F)cc2)CC1)c1ccc2[nH]c(=O)[nH]c2c1. The topological polar surface area (TPSA) is 63.9 Å². The molecule has 1 fully saturated rings. The first-order chi connectivity index (χ1) is 12.6. The van der Waals surface area contributed by atoms with Crippen LogP contribution in [0, 0.1) is 5.82 Å². The highest BCUT2D eigenvalue weighted by Crippen LogP contribution is 2.23. The monoisotopic (exact) mass is 354 g/mol. The molecule has 2 heterocycles. The predicted molar refractivity (Wildman–Crippen MR) is 102 cm³/mol. The van der Waals surface area contributed by atoms with Gasteiger partial charge in [-0.3, -0.25) is 0 Å². The van der Waals surface area contributed by atoms with E-state index in [-0.39, 0.29) is 17.5 Å². The van der Waals surface area contributed by atoms with Crippen molar-refractivity contribution in [2.24, 2.45) is 0 Å². The summed E-state index contributed by atoms with van der Waals surface area (Å²) in [5.41, 5.74) is 3.74. The first-order valence-electron chi connectivity index (χ1n) is 9.07. The average Bonchev–Trinajstić information content (AvgIpc) is 3.02. The summed E-state index contributed by atoms with van der Waals surface area (Å²) < 4.78 is 13.1. The van der Waals surface area contributed by atoms with Crippen LogP contribution in [0.4, 0.5) is 10.1 Å². The van der Waals surface area contributed by atoms with E-state index >= 15 is 0 Å². The van der Waals surface area contributed by atoms with Crippen molar-refractivity contribution in [2.45, 2.75) is 31.8 Å². The van der Waals surface area contributed by atoms with Crippen LogP contribution in [0.25, 0.3) is 11.0 Å². The number of aromatic nitrogens is 2. The summed E-state index contributed by atoms with van der Waals surface area (Å²) in [6, 6.07) is 13.4. The third-order valence-electron chi connectivity index (χ3n) is 5.21. The molecule has 1 aliphatic heterocycles. The van der Waals surface area contributed by atoms with Crippen LogP contribution in [-0.4, -0.2) is 29.1 Å². The summed E-state index contributed by atoms with van der Waals surface area (Å²) in [7, 11) is 0. The van der Waals surface area contributed by atoms with Gasteiger partial charge in [0.1, 0.15) is 5.82 Å². The van der Waals surface area contributed by atoms with Gasteiger partial charge in [0, 0.05) is 30.9 Å². The first-order valence-corrected chi connectivity index (χ1v) is 9.07. The van der Waals surface area contributed by atoms with Crippen LogP contribution in [0.5, 0.6) is 0 Å². The molecule has 1 atom stereocenters. The summed E-state index contributed by atoms with van der Waals surface area (Å²) in [4.78, 5) is 19.3. The quantitative estimate of drug-likeness (QED) is 0.673. The molecule has 0 spiro atoms. The lowest BCUT2D eigenvalue weighted by Crippen LogP contribution is -2.43. The van der Waals surface area contributed by atoms with E-state index in [0.29, 0.717) is 6.04 Å². The summed E-state index contributed by atoms with van der Waals surface area (Å²) in [6.07, 6.45) is 2.09. The number of anilines is 1. The fourth-order valence-electron chi connectivity index (χ4n) is 3.73. The van der Waals surface area contributed by atoms with Crippen LogP contribution in [0.2, 0.25) is 0 Å². The largest absolute Gasteiger partial charge is 0.371 e. The Balaban J connectivity index is 1.37. The molecule has 4 rings (SSSR count). The number of nitrogens with one attached hydrogen (secondary N) is 3. The molecule has 0 amide bonds. The fraction of sp³-hybridized carbons (Fsp3) is 0.350. The Bertz CT molecular complexity index is 938. The molecule has 3 N–H and O–H groups in total. The molecule has 0 aliphatic carbocycles. The third-order valence-corrected chi connectivity index (χ3v) is 5.21. The molecule has 26 heavy (non-hydrogen) atoms. The van der Waals surface area contributed by atoms with Gasteiger partial charge in [0.05, 0.1) is 11.0 Å². The standard InChI is InChI=1S/C20H23FN4O/c1-13(14-2-7-18-19(12-14)24-20(26)23-18)22-16-8-10-25(11-9-16)17-5-3-15(21)4-6-17/h2-7,12-13,16,22H,8-11H2,1H3,(H2,23,24,26).